The van der Waals surface area contributed by atoms with Gasteiger partial charge in [-0.05, 0) is 20.8 Å². The summed E-state index contributed by atoms with van der Waals surface area (Å²) in [5.74, 6) is -1.73. The van der Waals surface area contributed by atoms with Gasteiger partial charge in [-0.3, -0.25) is 4.79 Å². The monoisotopic (exact) mass is 223 g/mol. The van der Waals surface area contributed by atoms with Crippen LogP contribution in [-0.2, 0) is 14.8 Å². The smallest absolute Gasteiger partial charge is 0.307 e. The van der Waals surface area contributed by atoms with Crippen molar-refractivity contribution < 1.29 is 18.3 Å². The van der Waals surface area contributed by atoms with E-state index in [-0.39, 0.29) is 6.54 Å². The van der Waals surface area contributed by atoms with Crippen LogP contribution in [0.2, 0.25) is 0 Å². The van der Waals surface area contributed by atoms with Gasteiger partial charge in [0.1, 0.15) is 0 Å². The number of carbonyl (C=O) groups is 1. The van der Waals surface area contributed by atoms with Gasteiger partial charge in [-0.2, -0.15) is 0 Å². The summed E-state index contributed by atoms with van der Waals surface area (Å²) in [6.45, 7) is 6.05. The highest BCUT2D eigenvalue weighted by atomic mass is 32.2. The molecule has 0 heterocycles. The minimum absolute atomic E-state index is 0.0745. The van der Waals surface area contributed by atoms with Gasteiger partial charge in [-0.1, -0.05) is 6.92 Å². The number of nitrogens with one attached hydrogen (secondary N) is 1. The predicted molar refractivity (Wildman–Crippen MR) is 53.5 cm³/mol. The molecule has 0 saturated heterocycles. The summed E-state index contributed by atoms with van der Waals surface area (Å²) in [4.78, 5) is 10.4. The minimum atomic E-state index is -3.44. The Balaban J connectivity index is 4.36. The van der Waals surface area contributed by atoms with E-state index in [4.69, 9.17) is 5.11 Å². The maximum atomic E-state index is 11.5. The van der Waals surface area contributed by atoms with E-state index in [0.29, 0.717) is 0 Å². The van der Waals surface area contributed by atoms with Crippen LogP contribution >= 0.6 is 0 Å². The van der Waals surface area contributed by atoms with Crippen molar-refractivity contribution in [3.05, 3.63) is 0 Å². The molecule has 0 rings (SSSR count). The number of aliphatic carboxylic acids is 1. The average Bonchev–Trinajstić information content (AvgIpc) is 1.97. The highest BCUT2D eigenvalue weighted by Gasteiger charge is 2.29. The molecule has 5 nitrogen and oxygen atoms in total. The van der Waals surface area contributed by atoms with E-state index < -0.39 is 26.7 Å². The number of hydrogen-bond acceptors (Lipinski definition) is 3. The van der Waals surface area contributed by atoms with E-state index in [2.05, 4.69) is 4.72 Å². The Morgan fingerprint density at radius 1 is 1.43 bits per heavy atom. The van der Waals surface area contributed by atoms with Crippen LogP contribution in [0.1, 0.15) is 27.7 Å². The summed E-state index contributed by atoms with van der Waals surface area (Å²) in [6.07, 6.45) is 0. The Morgan fingerprint density at radius 3 is 2.14 bits per heavy atom. The van der Waals surface area contributed by atoms with Crippen molar-refractivity contribution in [1.29, 1.82) is 0 Å². The van der Waals surface area contributed by atoms with E-state index in [1.165, 1.54) is 6.92 Å². The number of carboxylic acid groups (broad SMARTS) is 1. The molecule has 0 spiro atoms. The standard InChI is InChI=1S/C8H17NO4S/c1-6(7(10)11)5-9-14(12,13)8(2,3)4/h6,9H,5H2,1-4H3,(H,10,11). The summed E-state index contributed by atoms with van der Waals surface area (Å²) in [5, 5.41) is 8.55. The molecule has 0 aromatic carbocycles. The Kier molecular flexibility index (Phi) is 4.08. The van der Waals surface area contributed by atoms with E-state index in [1.807, 2.05) is 0 Å². The van der Waals surface area contributed by atoms with Crippen LogP contribution in [0.5, 0.6) is 0 Å². The lowest BCUT2D eigenvalue weighted by atomic mass is 10.2. The van der Waals surface area contributed by atoms with Crippen molar-refractivity contribution in [2.75, 3.05) is 6.54 Å². The normalized spacial score (nSPS) is 15.1. The Hall–Kier alpha value is -0.620. The molecule has 6 heteroatoms. The second-order valence-electron chi connectivity index (χ2n) is 4.20. The number of rotatable bonds is 4. The topological polar surface area (TPSA) is 83.5 Å². The van der Waals surface area contributed by atoms with Crippen LogP contribution in [0.3, 0.4) is 0 Å². The van der Waals surface area contributed by atoms with Gasteiger partial charge in [-0.15, -0.1) is 0 Å². The van der Waals surface area contributed by atoms with Gasteiger partial charge in [0.15, 0.2) is 0 Å². The number of carboxylic acids is 1. The van der Waals surface area contributed by atoms with Gasteiger partial charge >= 0.3 is 5.97 Å². The summed E-state index contributed by atoms with van der Waals surface area (Å²) in [5.41, 5.74) is 0. The Bertz CT molecular complexity index is 302. The van der Waals surface area contributed by atoms with Crippen LogP contribution in [0.25, 0.3) is 0 Å². The largest absolute Gasteiger partial charge is 0.481 e. The zero-order chi connectivity index (χ0) is 11.6. The van der Waals surface area contributed by atoms with Crippen molar-refractivity contribution in [2.45, 2.75) is 32.4 Å². The molecular formula is C8H17NO4S. The molecule has 0 aromatic heterocycles. The minimum Gasteiger partial charge on any atom is -0.481 e. The van der Waals surface area contributed by atoms with Crippen molar-refractivity contribution in [3.63, 3.8) is 0 Å². The molecule has 1 atom stereocenters. The molecule has 84 valence electrons. The molecule has 0 saturated carbocycles. The third-order valence-corrected chi connectivity index (χ3v) is 3.97. The highest BCUT2D eigenvalue weighted by molar-refractivity contribution is 7.90. The summed E-state index contributed by atoms with van der Waals surface area (Å²) < 4.78 is 24.3. The van der Waals surface area contributed by atoms with Gasteiger partial charge in [0.2, 0.25) is 10.0 Å². The van der Waals surface area contributed by atoms with E-state index in [9.17, 15) is 13.2 Å². The molecule has 2 N–H and O–H groups in total. The maximum Gasteiger partial charge on any atom is 0.307 e. The number of hydrogen-bond donors (Lipinski definition) is 2. The quantitative estimate of drug-likeness (QED) is 0.723. The molecule has 0 aliphatic carbocycles. The molecule has 14 heavy (non-hydrogen) atoms. The van der Waals surface area contributed by atoms with Crippen LogP contribution in [-0.4, -0.2) is 30.8 Å². The van der Waals surface area contributed by atoms with Crippen LogP contribution in [0, 0.1) is 5.92 Å². The Labute approximate surface area is 84.6 Å². The fourth-order valence-electron chi connectivity index (χ4n) is 0.539. The first kappa shape index (κ1) is 13.4. The first-order chi connectivity index (χ1) is 6.08. The van der Waals surface area contributed by atoms with Gasteiger partial charge in [0, 0.05) is 6.54 Å². The number of sulfonamides is 1. The molecule has 0 aliphatic heterocycles. The first-order valence-electron chi connectivity index (χ1n) is 4.30. The lowest BCUT2D eigenvalue weighted by molar-refractivity contribution is -0.140. The molecule has 0 radical (unpaired) electrons. The molecule has 0 amide bonds. The molecule has 0 aromatic rings. The Morgan fingerprint density at radius 2 is 1.86 bits per heavy atom. The van der Waals surface area contributed by atoms with Gasteiger partial charge in [-0.25, -0.2) is 13.1 Å². The summed E-state index contributed by atoms with van der Waals surface area (Å²) >= 11 is 0. The SMILES string of the molecule is CC(CNS(=O)(=O)C(C)(C)C)C(=O)O. The van der Waals surface area contributed by atoms with Crippen molar-refractivity contribution in [1.82, 2.24) is 4.72 Å². The third-order valence-electron chi connectivity index (χ3n) is 1.81. The van der Waals surface area contributed by atoms with Crippen molar-refractivity contribution >= 4 is 16.0 Å². The zero-order valence-electron chi connectivity index (χ0n) is 8.86. The van der Waals surface area contributed by atoms with E-state index >= 15 is 0 Å². The average molecular weight is 223 g/mol. The van der Waals surface area contributed by atoms with E-state index in [1.54, 1.807) is 20.8 Å². The van der Waals surface area contributed by atoms with Gasteiger partial charge < -0.3 is 5.11 Å². The summed E-state index contributed by atoms with van der Waals surface area (Å²) in [7, 11) is -3.44. The van der Waals surface area contributed by atoms with Crippen LogP contribution < -0.4 is 4.72 Å². The molecule has 0 bridgehead atoms. The second kappa shape index (κ2) is 4.27. The molecule has 0 fully saturated rings. The van der Waals surface area contributed by atoms with Gasteiger partial charge in [0.05, 0.1) is 10.7 Å². The summed E-state index contributed by atoms with van der Waals surface area (Å²) in [6, 6.07) is 0. The predicted octanol–water partition coefficient (Wildman–Crippen LogP) is 0.425. The maximum absolute atomic E-state index is 11.5. The highest BCUT2D eigenvalue weighted by Crippen LogP contribution is 2.13. The first-order valence-corrected chi connectivity index (χ1v) is 5.78. The second-order valence-corrected chi connectivity index (χ2v) is 6.72. The zero-order valence-corrected chi connectivity index (χ0v) is 9.68. The molecular weight excluding hydrogens is 206 g/mol. The molecule has 0 aliphatic rings. The molecule has 1 unspecified atom stereocenters. The van der Waals surface area contributed by atoms with E-state index in [0.717, 1.165) is 0 Å². The van der Waals surface area contributed by atoms with Crippen LogP contribution in [0.15, 0.2) is 0 Å². The van der Waals surface area contributed by atoms with Crippen LogP contribution in [0.4, 0.5) is 0 Å². The van der Waals surface area contributed by atoms with Crippen molar-refractivity contribution in [2.24, 2.45) is 5.92 Å². The fourth-order valence-corrected chi connectivity index (χ4v) is 1.44. The third kappa shape index (κ3) is 3.63. The van der Waals surface area contributed by atoms with Gasteiger partial charge in [0.25, 0.3) is 0 Å². The lowest BCUT2D eigenvalue weighted by Crippen LogP contribution is -2.42. The fraction of sp³-hybridized carbons (Fsp3) is 0.875. The lowest BCUT2D eigenvalue weighted by Gasteiger charge is -2.20. The van der Waals surface area contributed by atoms with Crippen molar-refractivity contribution in [3.8, 4) is 0 Å².